The minimum Gasteiger partial charge on any atom is -0.489 e. The van der Waals surface area contributed by atoms with Crippen LogP contribution in [0.15, 0.2) is 72.8 Å². The molecule has 8 rings (SSSR count). The molecule has 0 saturated heterocycles. The van der Waals surface area contributed by atoms with E-state index in [2.05, 4.69) is 72.8 Å². The number of fused-ring (bicyclic) bond motifs is 7. The standard InChI is InChI=1S/C28H16O2/c1-3-7-17-15(5-1)19-9-11-21-27-25(19)23(17)24-18-8-4-2-6-16(18)20-10-12-22(28(27)26(20)24)30-14-13-29-21/h1-12H,13-14H2. The van der Waals surface area contributed by atoms with Crippen LogP contribution in [0.3, 0.4) is 0 Å². The van der Waals surface area contributed by atoms with Crippen LogP contribution in [-0.4, -0.2) is 13.2 Å². The maximum Gasteiger partial charge on any atom is 0.128 e. The fourth-order valence-corrected chi connectivity index (χ4v) is 5.84. The van der Waals surface area contributed by atoms with E-state index in [1.165, 1.54) is 64.6 Å². The van der Waals surface area contributed by atoms with Gasteiger partial charge in [0.25, 0.3) is 0 Å². The third kappa shape index (κ3) is 1.57. The van der Waals surface area contributed by atoms with Crippen molar-refractivity contribution in [3.63, 3.8) is 0 Å². The molecule has 1 heterocycles. The van der Waals surface area contributed by atoms with Crippen LogP contribution in [0.4, 0.5) is 0 Å². The highest BCUT2D eigenvalue weighted by molar-refractivity contribution is 6.49. The van der Waals surface area contributed by atoms with Gasteiger partial charge in [0, 0.05) is 21.5 Å². The Balaban J connectivity index is 1.88. The summed E-state index contributed by atoms with van der Waals surface area (Å²) in [5.74, 6) is 1.93. The number of benzene rings is 5. The first kappa shape index (κ1) is 15.1. The number of ether oxygens (including phenoxy) is 2. The van der Waals surface area contributed by atoms with Crippen LogP contribution in [0.1, 0.15) is 0 Å². The number of hydrogen-bond donors (Lipinski definition) is 0. The Kier molecular flexibility index (Phi) is 2.53. The van der Waals surface area contributed by atoms with Crippen LogP contribution in [0.2, 0.25) is 0 Å². The van der Waals surface area contributed by atoms with Gasteiger partial charge in [0.1, 0.15) is 24.7 Å². The summed E-state index contributed by atoms with van der Waals surface area (Å²) in [6.07, 6.45) is 0. The van der Waals surface area contributed by atoms with E-state index in [9.17, 15) is 0 Å². The van der Waals surface area contributed by atoms with Gasteiger partial charge >= 0.3 is 0 Å². The first-order valence-corrected chi connectivity index (χ1v) is 10.5. The maximum absolute atomic E-state index is 6.21. The van der Waals surface area contributed by atoms with Gasteiger partial charge in [-0.1, -0.05) is 60.7 Å². The molecule has 2 heteroatoms. The molecule has 1 aliphatic heterocycles. The second-order valence-corrected chi connectivity index (χ2v) is 8.26. The molecule has 0 bridgehead atoms. The molecule has 0 N–H and O–H groups in total. The zero-order chi connectivity index (χ0) is 19.4. The van der Waals surface area contributed by atoms with Crippen molar-refractivity contribution in [3.05, 3.63) is 72.8 Å². The smallest absolute Gasteiger partial charge is 0.128 e. The molecule has 7 aromatic carbocycles. The summed E-state index contributed by atoms with van der Waals surface area (Å²) in [6, 6.07) is 26.3. The highest BCUT2D eigenvalue weighted by Gasteiger charge is 2.26. The van der Waals surface area contributed by atoms with Crippen LogP contribution in [0, 0.1) is 0 Å². The average molecular weight is 384 g/mol. The molecule has 7 aromatic rings. The monoisotopic (exact) mass is 384 g/mol. The largest absolute Gasteiger partial charge is 0.489 e. The summed E-state index contributed by atoms with van der Waals surface area (Å²) in [4.78, 5) is 0. The lowest BCUT2D eigenvalue weighted by molar-refractivity contribution is 0.218. The van der Waals surface area contributed by atoms with Crippen LogP contribution in [0.25, 0.3) is 64.6 Å². The summed E-state index contributed by atoms with van der Waals surface area (Å²) >= 11 is 0. The van der Waals surface area contributed by atoms with E-state index < -0.39 is 0 Å². The van der Waals surface area contributed by atoms with Gasteiger partial charge in [0.05, 0.1) is 0 Å². The summed E-state index contributed by atoms with van der Waals surface area (Å²) in [7, 11) is 0. The molecule has 2 nitrogen and oxygen atoms in total. The minimum atomic E-state index is 0.557. The zero-order valence-electron chi connectivity index (χ0n) is 16.2. The molecular formula is C28H16O2. The highest BCUT2D eigenvalue weighted by Crippen LogP contribution is 2.54. The molecule has 0 amide bonds. The first-order chi connectivity index (χ1) is 14.9. The van der Waals surface area contributed by atoms with Gasteiger partial charge in [-0.15, -0.1) is 0 Å². The predicted molar refractivity (Wildman–Crippen MR) is 125 cm³/mol. The SMILES string of the molecule is c1ccc2c(c1)c1ccc3c4c5c(ccc6c7ccccc7c(c65)c2c14)OCCO3. The van der Waals surface area contributed by atoms with E-state index in [0.717, 1.165) is 11.5 Å². The predicted octanol–water partition coefficient (Wildman–Crippen LogP) is 7.25. The zero-order valence-corrected chi connectivity index (χ0v) is 16.2. The molecular weight excluding hydrogens is 368 g/mol. The van der Waals surface area contributed by atoms with Gasteiger partial charge in [-0.2, -0.15) is 0 Å². The lowest BCUT2D eigenvalue weighted by Crippen LogP contribution is -2.11. The van der Waals surface area contributed by atoms with Crippen molar-refractivity contribution in [3.8, 4) is 11.5 Å². The number of rotatable bonds is 0. The summed E-state index contributed by atoms with van der Waals surface area (Å²) < 4.78 is 12.4. The quantitative estimate of drug-likeness (QED) is 0.256. The van der Waals surface area contributed by atoms with Crippen molar-refractivity contribution >= 4 is 64.6 Å². The second kappa shape index (κ2) is 5.03. The van der Waals surface area contributed by atoms with E-state index in [0.29, 0.717) is 13.2 Å². The normalized spacial score (nSPS) is 14.3. The molecule has 140 valence electrons. The van der Waals surface area contributed by atoms with Gasteiger partial charge in [-0.3, -0.25) is 0 Å². The average Bonchev–Trinajstić information content (AvgIpc) is 3.28. The van der Waals surface area contributed by atoms with Crippen LogP contribution >= 0.6 is 0 Å². The molecule has 0 aromatic heterocycles. The Morgan fingerprint density at radius 2 is 0.733 bits per heavy atom. The summed E-state index contributed by atoms with van der Waals surface area (Å²) in [5.41, 5.74) is 0. The Labute approximate surface area is 171 Å². The molecule has 1 aliphatic rings. The maximum atomic E-state index is 6.21. The topological polar surface area (TPSA) is 18.5 Å². The molecule has 0 atom stereocenters. The van der Waals surface area contributed by atoms with Gasteiger partial charge < -0.3 is 9.47 Å². The van der Waals surface area contributed by atoms with Crippen LogP contribution in [-0.2, 0) is 0 Å². The Hall–Kier alpha value is -3.78. The summed E-state index contributed by atoms with van der Waals surface area (Å²) in [6.45, 7) is 1.11. The van der Waals surface area contributed by atoms with Crippen LogP contribution in [0.5, 0.6) is 11.5 Å². The van der Waals surface area contributed by atoms with Gasteiger partial charge in [-0.05, 0) is 55.2 Å². The molecule has 0 unspecified atom stereocenters. The fourth-order valence-electron chi connectivity index (χ4n) is 5.84. The van der Waals surface area contributed by atoms with Crippen molar-refractivity contribution in [2.75, 3.05) is 13.2 Å². The molecule has 0 spiro atoms. The van der Waals surface area contributed by atoms with E-state index in [1.807, 2.05) is 0 Å². The van der Waals surface area contributed by atoms with E-state index in [1.54, 1.807) is 0 Å². The van der Waals surface area contributed by atoms with Crippen molar-refractivity contribution in [2.45, 2.75) is 0 Å². The highest BCUT2D eigenvalue weighted by atomic mass is 16.5. The van der Waals surface area contributed by atoms with Crippen molar-refractivity contribution in [1.82, 2.24) is 0 Å². The van der Waals surface area contributed by atoms with Crippen molar-refractivity contribution in [2.24, 2.45) is 0 Å². The lowest BCUT2D eigenvalue weighted by Gasteiger charge is -2.19. The Bertz CT molecular complexity index is 1660. The Morgan fingerprint density at radius 3 is 1.20 bits per heavy atom. The van der Waals surface area contributed by atoms with E-state index in [-0.39, 0.29) is 0 Å². The molecule has 30 heavy (non-hydrogen) atoms. The van der Waals surface area contributed by atoms with Crippen molar-refractivity contribution < 1.29 is 9.47 Å². The lowest BCUT2D eigenvalue weighted by atomic mass is 9.94. The van der Waals surface area contributed by atoms with Gasteiger partial charge in [-0.25, -0.2) is 0 Å². The van der Waals surface area contributed by atoms with Gasteiger partial charge in [0.15, 0.2) is 0 Å². The Morgan fingerprint density at radius 1 is 0.367 bits per heavy atom. The third-order valence-electron chi connectivity index (χ3n) is 6.91. The molecule has 0 saturated carbocycles. The fraction of sp³-hybridized carbons (Fsp3) is 0.0714. The van der Waals surface area contributed by atoms with Crippen molar-refractivity contribution in [1.29, 1.82) is 0 Å². The number of hydrogen-bond acceptors (Lipinski definition) is 2. The summed E-state index contributed by atoms with van der Waals surface area (Å²) in [5, 5.41) is 15.5. The van der Waals surface area contributed by atoms with Gasteiger partial charge in [0.2, 0.25) is 0 Å². The van der Waals surface area contributed by atoms with E-state index in [4.69, 9.17) is 9.47 Å². The molecule has 0 fully saturated rings. The minimum absolute atomic E-state index is 0.557. The van der Waals surface area contributed by atoms with Crippen LogP contribution < -0.4 is 9.47 Å². The molecule has 0 radical (unpaired) electrons. The first-order valence-electron chi connectivity index (χ1n) is 10.5. The van der Waals surface area contributed by atoms with E-state index >= 15 is 0 Å². The molecule has 0 aliphatic carbocycles. The second-order valence-electron chi connectivity index (χ2n) is 8.26. The third-order valence-corrected chi connectivity index (χ3v) is 6.91.